The fourth-order valence-electron chi connectivity index (χ4n) is 3.89. The van der Waals surface area contributed by atoms with E-state index in [1.54, 1.807) is 0 Å². The van der Waals surface area contributed by atoms with Gasteiger partial charge >= 0.3 is 0 Å². The molecule has 22 heavy (non-hydrogen) atoms. The maximum atomic E-state index is 4.65. The van der Waals surface area contributed by atoms with E-state index in [0.717, 1.165) is 24.0 Å². The molecule has 4 rings (SSSR count). The second-order valence-electron chi connectivity index (χ2n) is 6.67. The second kappa shape index (κ2) is 5.27. The zero-order valence-electron chi connectivity index (χ0n) is 13.2. The molecule has 1 saturated heterocycles. The van der Waals surface area contributed by atoms with Crippen LogP contribution in [0.25, 0.3) is 11.1 Å². The first-order valence-corrected chi connectivity index (χ1v) is 8.08. The Kier molecular flexibility index (Phi) is 3.25. The summed E-state index contributed by atoms with van der Waals surface area (Å²) in [5.74, 6) is 1.76. The molecule has 2 atom stereocenters. The van der Waals surface area contributed by atoms with Crippen molar-refractivity contribution in [3.05, 3.63) is 36.7 Å². The molecule has 1 aliphatic carbocycles. The summed E-state index contributed by atoms with van der Waals surface area (Å²) in [5.41, 5.74) is 3.46. The average molecular weight is 294 g/mol. The summed E-state index contributed by atoms with van der Waals surface area (Å²) in [5, 5.41) is 0. The van der Waals surface area contributed by atoms with Crippen LogP contribution in [0.5, 0.6) is 0 Å². The number of benzene rings is 1. The molecule has 114 valence electrons. The molecule has 0 N–H and O–H groups in total. The predicted molar refractivity (Wildman–Crippen MR) is 90.3 cm³/mol. The van der Waals surface area contributed by atoms with Crippen LogP contribution < -0.4 is 9.80 Å². The van der Waals surface area contributed by atoms with Crippen LogP contribution in [0.15, 0.2) is 36.7 Å². The predicted octanol–water partition coefficient (Wildman–Crippen LogP) is 3.20. The third-order valence-corrected chi connectivity index (χ3v) is 5.00. The van der Waals surface area contributed by atoms with E-state index in [-0.39, 0.29) is 0 Å². The molecule has 1 aromatic heterocycles. The highest BCUT2D eigenvalue weighted by atomic mass is 15.3. The standard InChI is InChI=1S/C18H22N4/c1-21(2)17-6-4-3-5-16(17)14-10-19-18(20-11-14)22-12-13-7-8-15(22)9-13/h3-6,10-11,13,15H,7-9,12H2,1-2H3. The van der Waals surface area contributed by atoms with Gasteiger partial charge in [0.25, 0.3) is 0 Å². The van der Waals surface area contributed by atoms with Crippen molar-refractivity contribution in [2.24, 2.45) is 5.92 Å². The second-order valence-corrected chi connectivity index (χ2v) is 6.67. The van der Waals surface area contributed by atoms with Gasteiger partial charge < -0.3 is 9.80 Å². The minimum Gasteiger partial charge on any atom is -0.377 e. The van der Waals surface area contributed by atoms with E-state index in [9.17, 15) is 0 Å². The van der Waals surface area contributed by atoms with Crippen LogP contribution in [0.3, 0.4) is 0 Å². The third kappa shape index (κ3) is 2.23. The van der Waals surface area contributed by atoms with Crippen molar-refractivity contribution in [2.75, 3.05) is 30.4 Å². The van der Waals surface area contributed by atoms with Gasteiger partial charge in [-0.15, -0.1) is 0 Å². The number of aromatic nitrogens is 2. The lowest BCUT2D eigenvalue weighted by Crippen LogP contribution is -2.33. The van der Waals surface area contributed by atoms with E-state index in [1.165, 1.54) is 30.5 Å². The summed E-state index contributed by atoms with van der Waals surface area (Å²) in [4.78, 5) is 13.8. The van der Waals surface area contributed by atoms with E-state index in [0.29, 0.717) is 6.04 Å². The van der Waals surface area contributed by atoms with Crippen LogP contribution in [-0.2, 0) is 0 Å². The van der Waals surface area contributed by atoms with Gasteiger partial charge in [0.05, 0.1) is 0 Å². The smallest absolute Gasteiger partial charge is 0.225 e. The largest absolute Gasteiger partial charge is 0.377 e. The Labute approximate surface area is 131 Å². The lowest BCUT2D eigenvalue weighted by molar-refractivity contribution is 0.546. The fourth-order valence-corrected chi connectivity index (χ4v) is 3.89. The SMILES string of the molecule is CN(C)c1ccccc1-c1cnc(N2CC3CCC2C3)nc1. The third-order valence-electron chi connectivity index (χ3n) is 5.00. The Morgan fingerprint density at radius 3 is 2.50 bits per heavy atom. The number of anilines is 2. The van der Waals surface area contributed by atoms with Crippen molar-refractivity contribution in [2.45, 2.75) is 25.3 Å². The van der Waals surface area contributed by atoms with Crippen LogP contribution in [0.1, 0.15) is 19.3 Å². The molecular weight excluding hydrogens is 272 g/mol. The lowest BCUT2D eigenvalue weighted by Gasteiger charge is -2.26. The minimum atomic E-state index is 0.671. The molecule has 0 spiro atoms. The van der Waals surface area contributed by atoms with Crippen LogP contribution >= 0.6 is 0 Å². The van der Waals surface area contributed by atoms with E-state index < -0.39 is 0 Å². The number of para-hydroxylation sites is 1. The Morgan fingerprint density at radius 1 is 1.09 bits per heavy atom. The van der Waals surface area contributed by atoms with E-state index in [4.69, 9.17) is 0 Å². The molecular formula is C18H22N4. The van der Waals surface area contributed by atoms with Gasteiger partial charge in [-0.3, -0.25) is 0 Å². The molecule has 1 saturated carbocycles. The van der Waals surface area contributed by atoms with Gasteiger partial charge in [-0.1, -0.05) is 18.2 Å². The molecule has 2 aliphatic rings. The van der Waals surface area contributed by atoms with Crippen molar-refractivity contribution in [1.29, 1.82) is 0 Å². The normalized spacial score (nSPS) is 23.1. The average Bonchev–Trinajstić information content (AvgIpc) is 3.18. The summed E-state index contributed by atoms with van der Waals surface area (Å²) in [6, 6.07) is 9.06. The summed E-state index contributed by atoms with van der Waals surface area (Å²) in [6.45, 7) is 1.14. The maximum absolute atomic E-state index is 4.65. The van der Waals surface area contributed by atoms with Gasteiger partial charge in [-0.05, 0) is 31.2 Å². The number of rotatable bonds is 3. The molecule has 4 heteroatoms. The molecule has 2 heterocycles. The van der Waals surface area contributed by atoms with Gasteiger partial charge in [0.1, 0.15) is 0 Å². The molecule has 0 amide bonds. The topological polar surface area (TPSA) is 32.3 Å². The van der Waals surface area contributed by atoms with Crippen LogP contribution in [-0.4, -0.2) is 36.6 Å². The molecule has 0 radical (unpaired) electrons. The first-order chi connectivity index (χ1) is 10.7. The van der Waals surface area contributed by atoms with Crippen molar-refractivity contribution in [1.82, 2.24) is 9.97 Å². The van der Waals surface area contributed by atoms with Gasteiger partial charge in [0.2, 0.25) is 5.95 Å². The van der Waals surface area contributed by atoms with Crippen molar-refractivity contribution in [3.63, 3.8) is 0 Å². The van der Waals surface area contributed by atoms with Crippen molar-refractivity contribution < 1.29 is 0 Å². The summed E-state index contributed by atoms with van der Waals surface area (Å²) >= 11 is 0. The Hall–Kier alpha value is -2.10. The van der Waals surface area contributed by atoms with Gasteiger partial charge in [0, 0.05) is 55.9 Å². The van der Waals surface area contributed by atoms with E-state index in [1.807, 2.05) is 12.4 Å². The Bertz CT molecular complexity index is 665. The molecule has 2 unspecified atom stereocenters. The van der Waals surface area contributed by atoms with E-state index in [2.05, 4.69) is 58.1 Å². The van der Waals surface area contributed by atoms with Gasteiger partial charge in [0.15, 0.2) is 0 Å². The highest BCUT2D eigenvalue weighted by Gasteiger charge is 2.38. The van der Waals surface area contributed by atoms with Crippen LogP contribution in [0, 0.1) is 5.92 Å². The zero-order chi connectivity index (χ0) is 15.1. The maximum Gasteiger partial charge on any atom is 0.225 e. The molecule has 4 nitrogen and oxygen atoms in total. The summed E-state index contributed by atoms with van der Waals surface area (Å²) in [7, 11) is 4.13. The number of fused-ring (bicyclic) bond motifs is 2. The fraction of sp³-hybridized carbons (Fsp3) is 0.444. The molecule has 1 aromatic carbocycles. The minimum absolute atomic E-state index is 0.671. The lowest BCUT2D eigenvalue weighted by atomic mass is 10.1. The van der Waals surface area contributed by atoms with Crippen LogP contribution in [0.4, 0.5) is 11.6 Å². The highest BCUT2D eigenvalue weighted by molar-refractivity contribution is 5.77. The van der Waals surface area contributed by atoms with Gasteiger partial charge in [-0.2, -0.15) is 0 Å². The quantitative estimate of drug-likeness (QED) is 0.870. The zero-order valence-corrected chi connectivity index (χ0v) is 13.2. The first-order valence-electron chi connectivity index (χ1n) is 8.08. The number of hydrogen-bond acceptors (Lipinski definition) is 4. The molecule has 2 bridgehead atoms. The highest BCUT2D eigenvalue weighted by Crippen LogP contribution is 2.39. The molecule has 1 aliphatic heterocycles. The Balaban J connectivity index is 1.63. The Morgan fingerprint density at radius 2 is 1.86 bits per heavy atom. The van der Waals surface area contributed by atoms with Crippen LogP contribution in [0.2, 0.25) is 0 Å². The number of hydrogen-bond donors (Lipinski definition) is 0. The van der Waals surface area contributed by atoms with Crippen molar-refractivity contribution in [3.8, 4) is 11.1 Å². The summed E-state index contributed by atoms with van der Waals surface area (Å²) in [6.07, 6.45) is 7.95. The number of piperidine rings is 1. The van der Waals surface area contributed by atoms with Crippen molar-refractivity contribution >= 4 is 11.6 Å². The monoisotopic (exact) mass is 294 g/mol. The number of nitrogens with zero attached hydrogens (tertiary/aromatic N) is 4. The summed E-state index contributed by atoms with van der Waals surface area (Å²) < 4.78 is 0. The van der Waals surface area contributed by atoms with E-state index >= 15 is 0 Å². The molecule has 2 fully saturated rings. The molecule has 2 aromatic rings. The van der Waals surface area contributed by atoms with Gasteiger partial charge in [-0.25, -0.2) is 9.97 Å². The first kappa shape index (κ1) is 13.6.